The van der Waals surface area contributed by atoms with E-state index in [-0.39, 0.29) is 0 Å². The molecule has 1 aromatic rings. The van der Waals surface area contributed by atoms with Crippen LogP contribution >= 0.6 is 28.1 Å². The number of hydrogen-bond donors (Lipinski definition) is 1. The lowest BCUT2D eigenvalue weighted by Gasteiger charge is -2.19. The molecule has 1 aromatic heterocycles. The lowest BCUT2D eigenvalue weighted by Crippen LogP contribution is -2.32. The maximum absolute atomic E-state index is 5.52. The fraction of sp³-hybridized carbons (Fsp3) is 0.400. The molecule has 0 aromatic carbocycles. The number of hydrogen-bond acceptors (Lipinski definition) is 3. The number of aromatic nitrogens is 1. The van der Waals surface area contributed by atoms with E-state index in [0.29, 0.717) is 11.5 Å². The van der Waals surface area contributed by atoms with Crippen LogP contribution in [0, 0.1) is 0 Å². The van der Waals surface area contributed by atoms with Gasteiger partial charge >= 0.3 is 0 Å². The monoisotopic (exact) mass is 287 g/mol. The molecule has 3 nitrogen and oxygen atoms in total. The van der Waals surface area contributed by atoms with Crippen molar-refractivity contribution >= 4 is 33.1 Å². The minimum atomic E-state index is 0.528. The maximum Gasteiger partial charge on any atom is 0.0870 e. The van der Waals surface area contributed by atoms with Crippen molar-refractivity contribution in [1.82, 2.24) is 9.88 Å². The predicted molar refractivity (Wildman–Crippen MR) is 69.7 cm³/mol. The second-order valence-electron chi connectivity index (χ2n) is 3.28. The Morgan fingerprint density at radius 3 is 2.87 bits per heavy atom. The Hall–Kier alpha value is -0.520. The number of rotatable bonds is 5. The van der Waals surface area contributed by atoms with Crippen LogP contribution in [0.15, 0.2) is 22.9 Å². The van der Waals surface area contributed by atoms with Crippen molar-refractivity contribution in [1.29, 1.82) is 0 Å². The first-order valence-electron chi connectivity index (χ1n) is 4.72. The molecule has 1 heterocycles. The summed E-state index contributed by atoms with van der Waals surface area (Å²) >= 11 is 8.28. The third-order valence-corrected chi connectivity index (χ3v) is 2.56. The van der Waals surface area contributed by atoms with Crippen LogP contribution in [0.5, 0.6) is 0 Å². The van der Waals surface area contributed by atoms with E-state index in [1.165, 1.54) is 0 Å². The molecular weight excluding hydrogens is 274 g/mol. The first kappa shape index (κ1) is 12.5. The van der Waals surface area contributed by atoms with Gasteiger partial charge in [-0.3, -0.25) is 9.88 Å². The Morgan fingerprint density at radius 2 is 2.33 bits per heavy atom. The molecule has 0 unspecified atom stereocenters. The topological polar surface area (TPSA) is 42.1 Å². The average Bonchev–Trinajstić information content (AvgIpc) is 2.16. The van der Waals surface area contributed by atoms with E-state index in [0.717, 1.165) is 23.1 Å². The normalized spacial score (nSPS) is 10.6. The molecule has 0 radical (unpaired) electrons. The predicted octanol–water partition coefficient (Wildman–Crippen LogP) is 1.95. The second-order valence-corrected chi connectivity index (χ2v) is 4.72. The number of nitrogens with zero attached hydrogens (tertiary/aromatic N) is 2. The smallest absolute Gasteiger partial charge is 0.0870 e. The number of halogens is 1. The van der Waals surface area contributed by atoms with Crippen LogP contribution in [0.1, 0.15) is 12.5 Å². The Balaban J connectivity index is 2.62. The molecule has 0 saturated carbocycles. The summed E-state index contributed by atoms with van der Waals surface area (Å²) in [5.74, 6) is 0. The summed E-state index contributed by atoms with van der Waals surface area (Å²) < 4.78 is 0.992. The van der Waals surface area contributed by atoms with E-state index < -0.39 is 0 Å². The summed E-state index contributed by atoms with van der Waals surface area (Å²) in [5.41, 5.74) is 6.67. The third kappa shape index (κ3) is 4.68. The second kappa shape index (κ2) is 6.15. The standard InChI is InChI=1S/C10H14BrN3S/c1-2-14(7-10(12)15)6-8-3-9(11)5-13-4-8/h3-5H,2,6-7H2,1H3,(H2,12,15). The van der Waals surface area contributed by atoms with Crippen LogP contribution in [-0.4, -0.2) is 28.0 Å². The van der Waals surface area contributed by atoms with E-state index >= 15 is 0 Å². The van der Waals surface area contributed by atoms with Crippen molar-refractivity contribution in [2.75, 3.05) is 13.1 Å². The van der Waals surface area contributed by atoms with Gasteiger partial charge in [-0.2, -0.15) is 0 Å². The lowest BCUT2D eigenvalue weighted by molar-refractivity contribution is 0.320. The van der Waals surface area contributed by atoms with Crippen LogP contribution in [0.25, 0.3) is 0 Å². The minimum Gasteiger partial charge on any atom is -0.392 e. The molecule has 1 rings (SSSR count). The van der Waals surface area contributed by atoms with Crippen LogP contribution in [-0.2, 0) is 6.54 Å². The Labute approximate surface area is 104 Å². The van der Waals surface area contributed by atoms with Gasteiger partial charge in [-0.25, -0.2) is 0 Å². The van der Waals surface area contributed by atoms with Crippen LogP contribution in [0.4, 0.5) is 0 Å². The lowest BCUT2D eigenvalue weighted by atomic mass is 10.2. The molecule has 0 spiro atoms. The van der Waals surface area contributed by atoms with Gasteiger partial charge in [-0.15, -0.1) is 0 Å². The molecule has 0 aliphatic carbocycles. The van der Waals surface area contributed by atoms with E-state index in [1.807, 2.05) is 6.20 Å². The fourth-order valence-corrected chi connectivity index (χ4v) is 1.90. The zero-order chi connectivity index (χ0) is 11.3. The molecule has 5 heteroatoms. The maximum atomic E-state index is 5.52. The van der Waals surface area contributed by atoms with Gasteiger partial charge in [0.1, 0.15) is 0 Å². The summed E-state index contributed by atoms with van der Waals surface area (Å²) in [6.07, 6.45) is 3.63. The summed E-state index contributed by atoms with van der Waals surface area (Å²) in [6.45, 7) is 4.48. The highest BCUT2D eigenvalue weighted by atomic mass is 79.9. The van der Waals surface area contributed by atoms with Gasteiger partial charge in [0.15, 0.2) is 0 Å². The van der Waals surface area contributed by atoms with Gasteiger partial charge in [0, 0.05) is 30.0 Å². The minimum absolute atomic E-state index is 0.528. The van der Waals surface area contributed by atoms with Crippen molar-refractivity contribution in [3.05, 3.63) is 28.5 Å². The summed E-state index contributed by atoms with van der Waals surface area (Å²) in [5, 5.41) is 0. The highest BCUT2D eigenvalue weighted by Crippen LogP contribution is 2.11. The number of nitrogens with two attached hydrogens (primary N) is 1. The molecule has 0 aliphatic heterocycles. The molecule has 0 atom stereocenters. The first-order chi connectivity index (χ1) is 7.11. The van der Waals surface area contributed by atoms with E-state index in [9.17, 15) is 0 Å². The molecule has 0 saturated heterocycles. The van der Waals surface area contributed by atoms with Crippen molar-refractivity contribution in [2.24, 2.45) is 5.73 Å². The Morgan fingerprint density at radius 1 is 1.60 bits per heavy atom. The molecule has 0 aliphatic rings. The molecular formula is C10H14BrN3S. The number of likely N-dealkylation sites (N-methyl/N-ethyl adjacent to an activating group) is 1. The van der Waals surface area contributed by atoms with Gasteiger partial charge in [-0.05, 0) is 34.1 Å². The van der Waals surface area contributed by atoms with Crippen molar-refractivity contribution in [3.63, 3.8) is 0 Å². The zero-order valence-electron chi connectivity index (χ0n) is 8.61. The Bertz CT molecular complexity index is 343. The van der Waals surface area contributed by atoms with Crippen molar-refractivity contribution < 1.29 is 0 Å². The largest absolute Gasteiger partial charge is 0.392 e. The molecule has 0 amide bonds. The van der Waals surface area contributed by atoms with E-state index in [4.69, 9.17) is 18.0 Å². The van der Waals surface area contributed by atoms with Crippen LogP contribution in [0.2, 0.25) is 0 Å². The SMILES string of the molecule is CCN(CC(N)=S)Cc1cncc(Br)c1. The van der Waals surface area contributed by atoms with Gasteiger partial charge in [0.2, 0.25) is 0 Å². The fourth-order valence-electron chi connectivity index (χ4n) is 1.30. The zero-order valence-corrected chi connectivity index (χ0v) is 11.0. The third-order valence-electron chi connectivity index (χ3n) is 1.99. The Kier molecular flexibility index (Phi) is 5.14. The average molecular weight is 288 g/mol. The quantitative estimate of drug-likeness (QED) is 0.841. The molecule has 0 bridgehead atoms. The molecule has 82 valence electrons. The van der Waals surface area contributed by atoms with Crippen LogP contribution < -0.4 is 5.73 Å². The summed E-state index contributed by atoms with van der Waals surface area (Å²) in [7, 11) is 0. The number of thiocarbonyl (C=S) groups is 1. The van der Waals surface area contributed by atoms with Gasteiger partial charge in [0.25, 0.3) is 0 Å². The molecule has 15 heavy (non-hydrogen) atoms. The van der Waals surface area contributed by atoms with Gasteiger partial charge < -0.3 is 5.73 Å². The molecule has 2 N–H and O–H groups in total. The molecule has 0 fully saturated rings. The summed E-state index contributed by atoms with van der Waals surface area (Å²) in [4.78, 5) is 6.81. The van der Waals surface area contributed by atoms with Gasteiger partial charge in [0.05, 0.1) is 4.99 Å². The first-order valence-corrected chi connectivity index (χ1v) is 5.92. The van der Waals surface area contributed by atoms with Crippen LogP contribution in [0.3, 0.4) is 0 Å². The number of pyridine rings is 1. The highest BCUT2D eigenvalue weighted by molar-refractivity contribution is 9.10. The van der Waals surface area contributed by atoms with Crippen molar-refractivity contribution in [2.45, 2.75) is 13.5 Å². The van der Waals surface area contributed by atoms with E-state index in [1.54, 1.807) is 6.20 Å². The van der Waals surface area contributed by atoms with Gasteiger partial charge in [-0.1, -0.05) is 19.1 Å². The summed E-state index contributed by atoms with van der Waals surface area (Å²) in [6, 6.07) is 2.05. The highest BCUT2D eigenvalue weighted by Gasteiger charge is 2.05. The van der Waals surface area contributed by atoms with Crippen molar-refractivity contribution in [3.8, 4) is 0 Å². The van der Waals surface area contributed by atoms with E-state index in [2.05, 4.69) is 38.8 Å².